The summed E-state index contributed by atoms with van der Waals surface area (Å²) in [5, 5.41) is 10.7. The van der Waals surface area contributed by atoms with Crippen LogP contribution in [0.25, 0.3) is 33.6 Å². The van der Waals surface area contributed by atoms with E-state index in [1.165, 1.54) is 5.56 Å². The first-order valence-electron chi connectivity index (χ1n) is 13.4. The SMILES string of the molecule is CC(C)N1CCN(Cc2ccc(-c3cncc(-c4cc(-c5ccccn5)nc(C(C)(C)O)c4)c3)cc2)CC1. The summed E-state index contributed by atoms with van der Waals surface area (Å²) in [6.45, 7) is 13.6. The molecule has 0 unspecified atom stereocenters. The minimum absolute atomic E-state index is 0.597. The van der Waals surface area contributed by atoms with Crippen molar-refractivity contribution in [3.63, 3.8) is 0 Å². The minimum atomic E-state index is -1.08. The molecular formula is C32H37N5O. The third-order valence-corrected chi connectivity index (χ3v) is 7.28. The van der Waals surface area contributed by atoms with Gasteiger partial charge in [0.2, 0.25) is 0 Å². The first kappa shape index (κ1) is 26.2. The molecule has 1 aliphatic heterocycles. The second kappa shape index (κ2) is 11.1. The van der Waals surface area contributed by atoms with E-state index in [0.29, 0.717) is 11.7 Å². The molecule has 6 heteroatoms. The Morgan fingerprint density at radius 2 is 1.53 bits per heavy atom. The largest absolute Gasteiger partial charge is 0.384 e. The number of piperazine rings is 1. The second-order valence-corrected chi connectivity index (χ2v) is 11.0. The lowest BCUT2D eigenvalue weighted by Crippen LogP contribution is -2.48. The summed E-state index contributed by atoms with van der Waals surface area (Å²) in [6, 6.07) is 21.3. The van der Waals surface area contributed by atoms with Crippen molar-refractivity contribution in [2.75, 3.05) is 26.2 Å². The van der Waals surface area contributed by atoms with E-state index in [2.05, 4.69) is 63.9 Å². The van der Waals surface area contributed by atoms with Crippen molar-refractivity contribution in [2.24, 2.45) is 0 Å². The maximum atomic E-state index is 10.7. The number of hydrogen-bond donors (Lipinski definition) is 1. The Labute approximate surface area is 226 Å². The van der Waals surface area contributed by atoms with E-state index in [4.69, 9.17) is 4.98 Å². The van der Waals surface area contributed by atoms with Gasteiger partial charge in [0.05, 0.1) is 17.1 Å². The predicted molar refractivity (Wildman–Crippen MR) is 153 cm³/mol. The standard InChI is InChI=1S/C32H37N5O/c1-23(2)37-15-13-36(14-16-37)22-24-8-10-25(11-9-24)27-17-28(21-33-20-27)26-18-30(29-7-5-6-12-34-29)35-31(19-26)32(3,4)38/h5-12,17-21,23,38H,13-16,22H2,1-4H3. The van der Waals surface area contributed by atoms with Crippen molar-refractivity contribution in [3.05, 3.63) is 90.5 Å². The molecule has 1 saturated heterocycles. The van der Waals surface area contributed by atoms with Crippen molar-refractivity contribution in [3.8, 4) is 33.6 Å². The van der Waals surface area contributed by atoms with E-state index >= 15 is 0 Å². The molecule has 1 fully saturated rings. The fourth-order valence-corrected chi connectivity index (χ4v) is 4.91. The molecular weight excluding hydrogens is 470 g/mol. The van der Waals surface area contributed by atoms with Gasteiger partial charge in [-0.1, -0.05) is 30.3 Å². The summed E-state index contributed by atoms with van der Waals surface area (Å²) in [6.07, 6.45) is 5.52. The lowest BCUT2D eigenvalue weighted by molar-refractivity contribution is 0.0740. The third-order valence-electron chi connectivity index (χ3n) is 7.28. The molecule has 1 aromatic carbocycles. The Hall–Kier alpha value is -3.45. The highest BCUT2D eigenvalue weighted by Crippen LogP contribution is 2.31. The van der Waals surface area contributed by atoms with Gasteiger partial charge in [-0.2, -0.15) is 0 Å². The van der Waals surface area contributed by atoms with E-state index in [-0.39, 0.29) is 0 Å². The number of hydrogen-bond acceptors (Lipinski definition) is 6. The number of pyridine rings is 3. The van der Waals surface area contributed by atoms with E-state index in [1.54, 1.807) is 20.0 Å². The number of aromatic nitrogens is 3. The molecule has 1 aliphatic rings. The van der Waals surface area contributed by atoms with Crippen LogP contribution in [0.3, 0.4) is 0 Å². The van der Waals surface area contributed by atoms with Gasteiger partial charge in [0.1, 0.15) is 5.60 Å². The third kappa shape index (κ3) is 6.16. The van der Waals surface area contributed by atoms with Crippen LogP contribution in [0.2, 0.25) is 0 Å². The van der Waals surface area contributed by atoms with Crippen molar-refractivity contribution in [1.82, 2.24) is 24.8 Å². The zero-order chi connectivity index (χ0) is 26.7. The molecule has 196 valence electrons. The molecule has 5 rings (SSSR count). The van der Waals surface area contributed by atoms with Gasteiger partial charge in [0, 0.05) is 68.5 Å². The number of nitrogens with zero attached hydrogens (tertiary/aromatic N) is 5. The molecule has 38 heavy (non-hydrogen) atoms. The molecule has 4 aromatic rings. The van der Waals surface area contributed by atoms with Gasteiger partial charge >= 0.3 is 0 Å². The topological polar surface area (TPSA) is 65.4 Å². The summed E-state index contributed by atoms with van der Waals surface area (Å²) in [4.78, 5) is 18.8. The molecule has 0 radical (unpaired) electrons. The Morgan fingerprint density at radius 1 is 0.816 bits per heavy atom. The molecule has 0 bridgehead atoms. The zero-order valence-electron chi connectivity index (χ0n) is 22.8. The van der Waals surface area contributed by atoms with Crippen LogP contribution in [0, 0.1) is 0 Å². The average Bonchev–Trinajstić information content (AvgIpc) is 2.93. The van der Waals surface area contributed by atoms with Crippen LogP contribution in [-0.2, 0) is 12.1 Å². The van der Waals surface area contributed by atoms with Crippen LogP contribution >= 0.6 is 0 Å². The summed E-state index contributed by atoms with van der Waals surface area (Å²) < 4.78 is 0. The van der Waals surface area contributed by atoms with E-state index in [1.807, 2.05) is 42.7 Å². The Morgan fingerprint density at radius 3 is 2.16 bits per heavy atom. The van der Waals surface area contributed by atoms with Crippen molar-refractivity contribution in [2.45, 2.75) is 45.9 Å². The second-order valence-electron chi connectivity index (χ2n) is 11.0. The lowest BCUT2D eigenvalue weighted by atomic mass is 9.97. The first-order valence-corrected chi connectivity index (χ1v) is 13.4. The smallest absolute Gasteiger partial charge is 0.101 e. The van der Waals surface area contributed by atoms with Gasteiger partial charge in [0.15, 0.2) is 0 Å². The Kier molecular flexibility index (Phi) is 7.65. The van der Waals surface area contributed by atoms with Crippen LogP contribution in [0.1, 0.15) is 39.0 Å². The van der Waals surface area contributed by atoms with E-state index in [9.17, 15) is 5.11 Å². The number of benzene rings is 1. The summed E-state index contributed by atoms with van der Waals surface area (Å²) in [5.74, 6) is 0. The maximum Gasteiger partial charge on any atom is 0.101 e. The highest BCUT2D eigenvalue weighted by atomic mass is 16.3. The summed E-state index contributed by atoms with van der Waals surface area (Å²) in [7, 11) is 0. The highest BCUT2D eigenvalue weighted by Gasteiger charge is 2.21. The molecule has 0 atom stereocenters. The highest BCUT2D eigenvalue weighted by molar-refractivity contribution is 5.74. The molecule has 4 heterocycles. The molecule has 0 aliphatic carbocycles. The monoisotopic (exact) mass is 507 g/mol. The van der Waals surface area contributed by atoms with Crippen LogP contribution in [0.4, 0.5) is 0 Å². The van der Waals surface area contributed by atoms with Crippen LogP contribution in [0.5, 0.6) is 0 Å². The van der Waals surface area contributed by atoms with Gasteiger partial charge in [-0.15, -0.1) is 0 Å². The number of aliphatic hydroxyl groups is 1. The van der Waals surface area contributed by atoms with Crippen molar-refractivity contribution >= 4 is 0 Å². The summed E-state index contributed by atoms with van der Waals surface area (Å²) >= 11 is 0. The fourth-order valence-electron chi connectivity index (χ4n) is 4.91. The van der Waals surface area contributed by atoms with Crippen LogP contribution < -0.4 is 0 Å². The molecule has 6 nitrogen and oxygen atoms in total. The molecule has 1 N–H and O–H groups in total. The quantitative estimate of drug-likeness (QED) is 0.350. The minimum Gasteiger partial charge on any atom is -0.384 e. The lowest BCUT2D eigenvalue weighted by Gasteiger charge is -2.36. The van der Waals surface area contributed by atoms with Crippen LogP contribution in [0.15, 0.2) is 79.3 Å². The normalized spacial score (nSPS) is 15.2. The molecule has 0 spiro atoms. The van der Waals surface area contributed by atoms with Gasteiger partial charge in [-0.05, 0) is 74.7 Å². The predicted octanol–water partition coefficient (Wildman–Crippen LogP) is 5.63. The average molecular weight is 508 g/mol. The van der Waals surface area contributed by atoms with Gasteiger partial charge in [-0.25, -0.2) is 4.98 Å². The van der Waals surface area contributed by atoms with Crippen molar-refractivity contribution < 1.29 is 5.11 Å². The Balaban J connectivity index is 1.38. The van der Waals surface area contributed by atoms with Crippen molar-refractivity contribution in [1.29, 1.82) is 0 Å². The fraction of sp³-hybridized carbons (Fsp3) is 0.344. The first-order chi connectivity index (χ1) is 18.3. The van der Waals surface area contributed by atoms with E-state index in [0.717, 1.165) is 66.4 Å². The Bertz CT molecular complexity index is 1350. The number of rotatable bonds is 7. The van der Waals surface area contributed by atoms with Gasteiger partial charge in [-0.3, -0.25) is 19.8 Å². The zero-order valence-corrected chi connectivity index (χ0v) is 22.8. The van der Waals surface area contributed by atoms with Crippen LogP contribution in [-0.4, -0.2) is 62.1 Å². The summed E-state index contributed by atoms with van der Waals surface area (Å²) in [5.41, 5.74) is 6.45. The van der Waals surface area contributed by atoms with Gasteiger partial charge < -0.3 is 5.11 Å². The van der Waals surface area contributed by atoms with Gasteiger partial charge in [0.25, 0.3) is 0 Å². The molecule has 3 aromatic heterocycles. The maximum absolute atomic E-state index is 10.7. The molecule has 0 amide bonds. The molecule has 0 saturated carbocycles. The van der Waals surface area contributed by atoms with E-state index < -0.39 is 5.60 Å².